The van der Waals surface area contributed by atoms with Crippen molar-refractivity contribution in [2.45, 2.75) is 52.0 Å². The number of carbonyl (C=O) groups excluding carboxylic acids is 2. The molecule has 35 heavy (non-hydrogen) atoms. The highest BCUT2D eigenvalue weighted by molar-refractivity contribution is 9.10. The van der Waals surface area contributed by atoms with Crippen LogP contribution >= 0.6 is 31.9 Å². The van der Waals surface area contributed by atoms with Crippen molar-refractivity contribution in [3.63, 3.8) is 0 Å². The molecule has 1 unspecified atom stereocenters. The Bertz CT molecular complexity index is 1040. The molecule has 0 aliphatic carbocycles. The number of ketones is 1. The summed E-state index contributed by atoms with van der Waals surface area (Å²) in [6.45, 7) is 7.82. The van der Waals surface area contributed by atoms with E-state index in [-0.39, 0.29) is 11.3 Å². The largest absolute Gasteiger partial charge is 0.507 e. The average Bonchev–Trinajstić information content (AvgIpc) is 3.10. The van der Waals surface area contributed by atoms with Gasteiger partial charge in [0.05, 0.1) is 11.6 Å². The van der Waals surface area contributed by atoms with Crippen LogP contribution in [0.3, 0.4) is 0 Å². The number of Topliss-reactive ketones (excluding diaryl/α,β-unsaturated/α-hetero) is 1. The second-order valence-corrected chi connectivity index (χ2v) is 10.8. The van der Waals surface area contributed by atoms with Gasteiger partial charge in [0.15, 0.2) is 0 Å². The molecule has 7 heteroatoms. The molecule has 0 aromatic heterocycles. The number of benzene rings is 2. The maximum absolute atomic E-state index is 13.2. The standard InChI is InChI=1S/C28H34Br2N2O3/c1-3-5-15-31(16-6-4-2)17-8-18-32-25(21-9-7-10-23(30)19-21)24(27(34)28(32)35)26(33)20-11-13-22(29)14-12-20/h7,9-14,19,25,33H,3-6,8,15-18H2,1-2H3/b26-24-. The third-order valence-electron chi connectivity index (χ3n) is 6.35. The molecule has 1 aliphatic rings. The molecule has 188 valence electrons. The van der Waals surface area contributed by atoms with Crippen LogP contribution < -0.4 is 0 Å². The third-order valence-corrected chi connectivity index (χ3v) is 7.37. The van der Waals surface area contributed by atoms with Gasteiger partial charge in [0.25, 0.3) is 11.7 Å². The summed E-state index contributed by atoms with van der Waals surface area (Å²) < 4.78 is 1.73. The summed E-state index contributed by atoms with van der Waals surface area (Å²) in [5, 5.41) is 11.2. The van der Waals surface area contributed by atoms with Crippen molar-refractivity contribution in [3.05, 3.63) is 74.2 Å². The van der Waals surface area contributed by atoms with Crippen molar-refractivity contribution in [2.75, 3.05) is 26.2 Å². The fourth-order valence-corrected chi connectivity index (χ4v) is 5.14. The minimum Gasteiger partial charge on any atom is -0.507 e. The summed E-state index contributed by atoms with van der Waals surface area (Å²) in [5.74, 6) is -1.33. The van der Waals surface area contributed by atoms with E-state index in [9.17, 15) is 14.7 Å². The second kappa shape index (κ2) is 13.4. The zero-order valence-electron chi connectivity index (χ0n) is 20.5. The molecule has 0 radical (unpaired) electrons. The Kier molecular flexibility index (Phi) is 10.6. The van der Waals surface area contributed by atoms with E-state index in [2.05, 4.69) is 50.6 Å². The molecule has 2 aromatic carbocycles. The molecule has 1 atom stereocenters. The fraction of sp³-hybridized carbons (Fsp3) is 0.429. The Hall–Kier alpha value is -1.96. The highest BCUT2D eigenvalue weighted by atomic mass is 79.9. The minimum atomic E-state index is -0.635. The van der Waals surface area contributed by atoms with Crippen LogP contribution in [-0.4, -0.2) is 52.8 Å². The molecule has 0 saturated carbocycles. The molecule has 0 spiro atoms. The average molecular weight is 606 g/mol. The predicted octanol–water partition coefficient (Wildman–Crippen LogP) is 6.93. The van der Waals surface area contributed by atoms with Gasteiger partial charge in [0, 0.05) is 21.1 Å². The summed E-state index contributed by atoms with van der Waals surface area (Å²) in [6.07, 6.45) is 5.37. The molecule has 2 aromatic rings. The molecular formula is C28H34Br2N2O3. The third kappa shape index (κ3) is 7.05. The molecule has 3 rings (SSSR count). The van der Waals surface area contributed by atoms with Gasteiger partial charge >= 0.3 is 0 Å². The van der Waals surface area contributed by atoms with Crippen LogP contribution in [0.1, 0.15) is 63.1 Å². The molecule has 0 bridgehead atoms. The van der Waals surface area contributed by atoms with E-state index in [1.54, 1.807) is 29.2 Å². The number of aliphatic hydroxyl groups is 1. The Balaban J connectivity index is 1.91. The van der Waals surface area contributed by atoms with Crippen molar-refractivity contribution < 1.29 is 14.7 Å². The van der Waals surface area contributed by atoms with E-state index < -0.39 is 17.7 Å². The van der Waals surface area contributed by atoms with Crippen LogP contribution in [0.4, 0.5) is 0 Å². The smallest absolute Gasteiger partial charge is 0.295 e. The lowest BCUT2D eigenvalue weighted by atomic mass is 9.95. The first-order valence-corrected chi connectivity index (χ1v) is 14.0. The van der Waals surface area contributed by atoms with E-state index in [0.29, 0.717) is 12.1 Å². The van der Waals surface area contributed by atoms with Crippen LogP contribution in [0.5, 0.6) is 0 Å². The lowest BCUT2D eigenvalue weighted by Gasteiger charge is -2.27. The topological polar surface area (TPSA) is 60.9 Å². The zero-order chi connectivity index (χ0) is 25.4. The van der Waals surface area contributed by atoms with Crippen molar-refractivity contribution in [2.24, 2.45) is 0 Å². The Morgan fingerprint density at radius 3 is 2.14 bits per heavy atom. The van der Waals surface area contributed by atoms with Crippen LogP contribution in [-0.2, 0) is 9.59 Å². The molecule has 1 amide bonds. The molecule has 5 nitrogen and oxygen atoms in total. The van der Waals surface area contributed by atoms with Gasteiger partial charge in [-0.25, -0.2) is 0 Å². The van der Waals surface area contributed by atoms with Gasteiger partial charge in [-0.2, -0.15) is 0 Å². The fourth-order valence-electron chi connectivity index (χ4n) is 4.46. The van der Waals surface area contributed by atoms with Crippen LogP contribution in [0, 0.1) is 0 Å². The van der Waals surface area contributed by atoms with Crippen molar-refractivity contribution in [1.29, 1.82) is 0 Å². The van der Waals surface area contributed by atoms with E-state index >= 15 is 0 Å². The molecular weight excluding hydrogens is 572 g/mol. The van der Waals surface area contributed by atoms with Crippen molar-refractivity contribution in [1.82, 2.24) is 9.80 Å². The van der Waals surface area contributed by atoms with Gasteiger partial charge in [-0.3, -0.25) is 9.59 Å². The van der Waals surface area contributed by atoms with Gasteiger partial charge in [0.2, 0.25) is 0 Å². The van der Waals surface area contributed by atoms with Gasteiger partial charge < -0.3 is 14.9 Å². The van der Waals surface area contributed by atoms with Gasteiger partial charge in [-0.05, 0) is 68.7 Å². The summed E-state index contributed by atoms with van der Waals surface area (Å²) >= 11 is 6.91. The quantitative estimate of drug-likeness (QED) is 0.162. The number of carbonyl (C=O) groups is 2. The van der Waals surface area contributed by atoms with Crippen molar-refractivity contribution >= 4 is 49.3 Å². The SMILES string of the molecule is CCCCN(CCCC)CCCN1C(=O)C(=O)/C(=C(\O)c2ccc(Br)cc2)C1c1cccc(Br)c1. The van der Waals surface area contributed by atoms with Crippen LogP contribution in [0.2, 0.25) is 0 Å². The lowest BCUT2D eigenvalue weighted by Crippen LogP contribution is -2.34. The monoisotopic (exact) mass is 604 g/mol. The number of halogens is 2. The van der Waals surface area contributed by atoms with E-state index in [0.717, 1.165) is 66.2 Å². The molecule has 1 fully saturated rings. The summed E-state index contributed by atoms with van der Waals surface area (Å²) in [4.78, 5) is 30.5. The van der Waals surface area contributed by atoms with Crippen LogP contribution in [0.25, 0.3) is 5.76 Å². The van der Waals surface area contributed by atoms with E-state index in [1.165, 1.54) is 0 Å². The lowest BCUT2D eigenvalue weighted by molar-refractivity contribution is -0.140. The number of nitrogens with zero attached hydrogens (tertiary/aromatic N) is 2. The first kappa shape index (κ1) is 27.6. The normalized spacial score (nSPS) is 17.5. The highest BCUT2D eigenvalue weighted by Crippen LogP contribution is 2.40. The second-order valence-electron chi connectivity index (χ2n) is 8.96. The number of rotatable bonds is 12. The Morgan fingerprint density at radius 1 is 0.914 bits per heavy atom. The number of likely N-dealkylation sites (tertiary alicyclic amines) is 1. The maximum atomic E-state index is 13.2. The maximum Gasteiger partial charge on any atom is 0.295 e. The van der Waals surface area contributed by atoms with Gasteiger partial charge in [-0.1, -0.05) is 82.8 Å². The molecule has 1 heterocycles. The Morgan fingerprint density at radius 2 is 1.54 bits per heavy atom. The summed E-state index contributed by atoms with van der Waals surface area (Å²) in [7, 11) is 0. The van der Waals surface area contributed by atoms with E-state index in [1.807, 2.05) is 24.3 Å². The van der Waals surface area contributed by atoms with E-state index in [4.69, 9.17) is 0 Å². The number of hydrogen-bond acceptors (Lipinski definition) is 4. The number of unbranched alkanes of at least 4 members (excludes halogenated alkanes) is 2. The Labute approximate surface area is 225 Å². The number of amides is 1. The predicted molar refractivity (Wildman–Crippen MR) is 148 cm³/mol. The van der Waals surface area contributed by atoms with Crippen molar-refractivity contribution in [3.8, 4) is 0 Å². The molecule has 1 aliphatic heterocycles. The summed E-state index contributed by atoms with van der Waals surface area (Å²) in [5.41, 5.74) is 1.45. The van der Waals surface area contributed by atoms with Crippen LogP contribution in [0.15, 0.2) is 63.0 Å². The number of aliphatic hydroxyl groups excluding tert-OH is 1. The first-order chi connectivity index (χ1) is 16.9. The number of hydrogen-bond donors (Lipinski definition) is 1. The zero-order valence-corrected chi connectivity index (χ0v) is 23.6. The molecule has 1 N–H and O–H groups in total. The highest BCUT2D eigenvalue weighted by Gasteiger charge is 2.45. The first-order valence-electron chi connectivity index (χ1n) is 12.4. The van der Waals surface area contributed by atoms with Gasteiger partial charge in [0.1, 0.15) is 5.76 Å². The summed E-state index contributed by atoms with van der Waals surface area (Å²) in [6, 6.07) is 14.1. The molecule has 1 saturated heterocycles. The minimum absolute atomic E-state index is 0.143. The van der Waals surface area contributed by atoms with Gasteiger partial charge in [-0.15, -0.1) is 0 Å².